The second-order valence-corrected chi connectivity index (χ2v) is 7.55. The summed E-state index contributed by atoms with van der Waals surface area (Å²) in [5.41, 5.74) is 4.02. The van der Waals surface area contributed by atoms with Crippen molar-refractivity contribution >= 4 is 11.8 Å². The van der Waals surface area contributed by atoms with Gasteiger partial charge in [0, 0.05) is 19.7 Å². The lowest BCUT2D eigenvalue weighted by molar-refractivity contribution is -0.133. The Labute approximate surface area is 176 Å². The van der Waals surface area contributed by atoms with E-state index in [0.29, 0.717) is 6.54 Å². The third-order valence-corrected chi connectivity index (χ3v) is 5.62. The molecule has 0 spiro atoms. The van der Waals surface area contributed by atoms with Gasteiger partial charge in [0.1, 0.15) is 0 Å². The Kier molecular flexibility index (Phi) is 5.89. The number of amides is 2. The highest BCUT2D eigenvalue weighted by molar-refractivity contribution is 5.80. The second-order valence-electron chi connectivity index (χ2n) is 7.55. The number of carbonyl (C=O) groups excluding carboxylic acids is 2. The van der Waals surface area contributed by atoms with Gasteiger partial charge in [0.15, 0.2) is 0 Å². The van der Waals surface area contributed by atoms with Gasteiger partial charge in [0.05, 0.1) is 24.2 Å². The van der Waals surface area contributed by atoms with Crippen molar-refractivity contribution in [2.75, 3.05) is 6.54 Å². The van der Waals surface area contributed by atoms with E-state index in [4.69, 9.17) is 0 Å². The van der Waals surface area contributed by atoms with Crippen LogP contribution >= 0.6 is 0 Å². The van der Waals surface area contributed by atoms with E-state index < -0.39 is 0 Å². The van der Waals surface area contributed by atoms with Gasteiger partial charge in [-0.25, -0.2) is 0 Å². The highest BCUT2D eigenvalue weighted by Gasteiger charge is 2.31. The Morgan fingerprint density at radius 1 is 1.03 bits per heavy atom. The van der Waals surface area contributed by atoms with E-state index in [1.54, 1.807) is 18.0 Å². The average molecular weight is 399 g/mol. The van der Waals surface area contributed by atoms with Crippen LogP contribution in [0.5, 0.6) is 0 Å². The van der Waals surface area contributed by atoms with Crippen LogP contribution in [0.25, 0.3) is 0 Å². The van der Waals surface area contributed by atoms with Gasteiger partial charge in [-0.05, 0) is 35.2 Å². The molecule has 0 radical (unpaired) electrons. The van der Waals surface area contributed by atoms with Crippen molar-refractivity contribution in [3.63, 3.8) is 0 Å². The molecule has 2 unspecified atom stereocenters. The summed E-state index contributed by atoms with van der Waals surface area (Å²) in [7, 11) is 0. The molecule has 4 rings (SSSR count). The van der Waals surface area contributed by atoms with Crippen LogP contribution in [-0.2, 0) is 16.0 Å². The number of hydrogen-bond donors (Lipinski definition) is 1. The minimum absolute atomic E-state index is 0.00774. The smallest absolute Gasteiger partial charge is 0.223 e. The summed E-state index contributed by atoms with van der Waals surface area (Å²) >= 11 is 0. The van der Waals surface area contributed by atoms with Gasteiger partial charge < -0.3 is 10.2 Å². The highest BCUT2D eigenvalue weighted by Crippen LogP contribution is 2.32. The molecule has 5 nitrogen and oxygen atoms in total. The molecule has 2 amide bonds. The van der Waals surface area contributed by atoms with Gasteiger partial charge in [-0.15, -0.1) is 0 Å². The quantitative estimate of drug-likeness (QED) is 0.709. The van der Waals surface area contributed by atoms with Crippen LogP contribution in [0.15, 0.2) is 79.0 Å². The van der Waals surface area contributed by atoms with Crippen molar-refractivity contribution < 1.29 is 9.59 Å². The van der Waals surface area contributed by atoms with E-state index in [1.165, 1.54) is 5.56 Å². The molecule has 3 aromatic rings. The Hall–Kier alpha value is -3.47. The molecular weight excluding hydrogens is 374 g/mol. The van der Waals surface area contributed by atoms with Crippen molar-refractivity contribution in [1.29, 1.82) is 0 Å². The molecule has 2 atom stereocenters. The topological polar surface area (TPSA) is 62.3 Å². The van der Waals surface area contributed by atoms with Crippen molar-refractivity contribution in [3.05, 3.63) is 101 Å². The van der Waals surface area contributed by atoms with Crippen LogP contribution in [0, 0.1) is 0 Å². The summed E-state index contributed by atoms with van der Waals surface area (Å²) in [5, 5.41) is 3.15. The van der Waals surface area contributed by atoms with E-state index in [2.05, 4.69) is 16.4 Å². The Balaban J connectivity index is 1.59. The van der Waals surface area contributed by atoms with Gasteiger partial charge in [-0.2, -0.15) is 0 Å². The van der Waals surface area contributed by atoms with Gasteiger partial charge >= 0.3 is 0 Å². The van der Waals surface area contributed by atoms with Crippen LogP contribution in [0.2, 0.25) is 0 Å². The summed E-state index contributed by atoms with van der Waals surface area (Å²) in [6.07, 6.45) is 2.76. The zero-order valence-electron chi connectivity index (χ0n) is 17.0. The maximum atomic E-state index is 13.2. The lowest BCUT2D eigenvalue weighted by Gasteiger charge is -2.36. The van der Waals surface area contributed by atoms with Crippen molar-refractivity contribution in [2.45, 2.75) is 31.8 Å². The third-order valence-electron chi connectivity index (χ3n) is 5.62. The number of fused-ring (bicyclic) bond motifs is 1. The monoisotopic (exact) mass is 399 g/mol. The predicted molar refractivity (Wildman–Crippen MR) is 116 cm³/mol. The molecule has 5 heteroatoms. The summed E-state index contributed by atoms with van der Waals surface area (Å²) in [5.74, 6) is -0.117. The average Bonchev–Trinajstić information content (AvgIpc) is 2.78. The van der Waals surface area contributed by atoms with Gasteiger partial charge in [0.25, 0.3) is 0 Å². The number of hydrogen-bond acceptors (Lipinski definition) is 3. The molecule has 30 heavy (non-hydrogen) atoms. The molecular formula is C25H25N3O2. The van der Waals surface area contributed by atoms with Crippen LogP contribution in [0.1, 0.15) is 47.8 Å². The molecule has 152 valence electrons. The van der Waals surface area contributed by atoms with E-state index >= 15 is 0 Å². The molecule has 0 saturated carbocycles. The highest BCUT2D eigenvalue weighted by atomic mass is 16.2. The first-order valence-corrected chi connectivity index (χ1v) is 10.2. The second kappa shape index (κ2) is 8.91. The first-order valence-electron chi connectivity index (χ1n) is 10.2. The fourth-order valence-electron chi connectivity index (χ4n) is 4.16. The van der Waals surface area contributed by atoms with E-state index in [0.717, 1.165) is 23.2 Å². The number of benzene rings is 2. The number of carbonyl (C=O) groups is 2. The Morgan fingerprint density at radius 2 is 1.77 bits per heavy atom. The molecule has 2 heterocycles. The maximum absolute atomic E-state index is 13.2. The van der Waals surface area contributed by atoms with Crippen molar-refractivity contribution in [2.24, 2.45) is 0 Å². The fourth-order valence-corrected chi connectivity index (χ4v) is 4.16. The minimum Gasteiger partial charge on any atom is -0.344 e. The SMILES string of the molecule is CC(=O)N1CCc2ccccc2C1CC(=O)NC(c1ccccc1)c1ccccn1. The first kappa shape index (κ1) is 19.8. The molecule has 1 aliphatic rings. The number of nitrogens with zero attached hydrogens (tertiary/aromatic N) is 2. The molecule has 0 bridgehead atoms. The molecule has 0 saturated heterocycles. The van der Waals surface area contributed by atoms with Gasteiger partial charge in [-0.3, -0.25) is 14.6 Å². The largest absolute Gasteiger partial charge is 0.344 e. The molecule has 1 N–H and O–H groups in total. The number of nitrogens with one attached hydrogen (secondary N) is 1. The standard InChI is InChI=1S/C25H25N3O2/c1-18(29)28-16-14-19-9-5-6-12-21(19)23(28)17-24(30)27-25(20-10-3-2-4-11-20)22-13-7-8-15-26-22/h2-13,15,23,25H,14,16-17H2,1H3,(H,27,30). The Morgan fingerprint density at radius 3 is 2.50 bits per heavy atom. The maximum Gasteiger partial charge on any atom is 0.223 e. The van der Waals surface area contributed by atoms with E-state index in [9.17, 15) is 9.59 Å². The van der Waals surface area contributed by atoms with Gasteiger partial charge in [0.2, 0.25) is 11.8 Å². The lowest BCUT2D eigenvalue weighted by Crippen LogP contribution is -2.41. The summed E-state index contributed by atoms with van der Waals surface area (Å²) in [6.45, 7) is 2.20. The summed E-state index contributed by atoms with van der Waals surface area (Å²) in [6, 6.07) is 23.0. The van der Waals surface area contributed by atoms with E-state index in [1.807, 2.05) is 66.7 Å². The van der Waals surface area contributed by atoms with E-state index in [-0.39, 0.29) is 30.3 Å². The first-order chi connectivity index (χ1) is 14.6. The number of aromatic nitrogens is 1. The minimum atomic E-state index is -0.343. The zero-order chi connectivity index (χ0) is 20.9. The molecule has 1 aromatic heterocycles. The third kappa shape index (κ3) is 4.25. The predicted octanol–water partition coefficient (Wildman–Crippen LogP) is 3.82. The molecule has 0 fully saturated rings. The zero-order valence-corrected chi connectivity index (χ0v) is 17.0. The molecule has 2 aromatic carbocycles. The van der Waals surface area contributed by atoms with Crippen LogP contribution in [0.3, 0.4) is 0 Å². The van der Waals surface area contributed by atoms with Crippen LogP contribution in [-0.4, -0.2) is 28.2 Å². The number of rotatable bonds is 5. The van der Waals surface area contributed by atoms with Crippen molar-refractivity contribution in [3.8, 4) is 0 Å². The summed E-state index contributed by atoms with van der Waals surface area (Å²) in [4.78, 5) is 31.7. The van der Waals surface area contributed by atoms with Gasteiger partial charge in [-0.1, -0.05) is 60.7 Å². The summed E-state index contributed by atoms with van der Waals surface area (Å²) < 4.78 is 0. The Bertz CT molecular complexity index is 981. The van der Waals surface area contributed by atoms with Crippen LogP contribution < -0.4 is 5.32 Å². The van der Waals surface area contributed by atoms with Crippen molar-refractivity contribution in [1.82, 2.24) is 15.2 Å². The fraction of sp³-hybridized carbons (Fsp3) is 0.240. The van der Waals surface area contributed by atoms with Crippen LogP contribution in [0.4, 0.5) is 0 Å². The lowest BCUT2D eigenvalue weighted by atomic mass is 9.90. The normalized spacial score (nSPS) is 16.4. The number of pyridine rings is 1. The molecule has 0 aliphatic carbocycles. The molecule has 1 aliphatic heterocycles.